The third kappa shape index (κ3) is 3.84. The van der Waals surface area contributed by atoms with Crippen molar-refractivity contribution in [3.63, 3.8) is 0 Å². The predicted octanol–water partition coefficient (Wildman–Crippen LogP) is 2.58. The highest BCUT2D eigenvalue weighted by Gasteiger charge is 2.30. The molecule has 1 aliphatic rings. The van der Waals surface area contributed by atoms with E-state index in [2.05, 4.69) is 6.58 Å². The fraction of sp³-hybridized carbons (Fsp3) is 0.438. The van der Waals surface area contributed by atoms with Gasteiger partial charge in [-0.15, -0.1) is 6.58 Å². The molecule has 0 unspecified atom stereocenters. The van der Waals surface area contributed by atoms with Gasteiger partial charge < -0.3 is 14.7 Å². The van der Waals surface area contributed by atoms with Crippen molar-refractivity contribution >= 4 is 6.09 Å². The van der Waals surface area contributed by atoms with Crippen LogP contribution in [0.2, 0.25) is 0 Å². The van der Waals surface area contributed by atoms with Gasteiger partial charge in [-0.05, 0) is 18.4 Å². The quantitative estimate of drug-likeness (QED) is 0.859. The maximum atomic E-state index is 12.0. The summed E-state index contributed by atoms with van der Waals surface area (Å²) in [5.41, 5.74) is 0.973. The fourth-order valence-electron chi connectivity index (χ4n) is 2.44. The van der Waals surface area contributed by atoms with Crippen LogP contribution in [0.3, 0.4) is 0 Å². The van der Waals surface area contributed by atoms with Crippen molar-refractivity contribution in [3.8, 4) is 0 Å². The first kappa shape index (κ1) is 14.6. The Labute approximate surface area is 119 Å². The lowest BCUT2D eigenvalue weighted by Crippen LogP contribution is -2.46. The molecule has 108 valence electrons. The molecular formula is C16H21NO3. The first-order chi connectivity index (χ1) is 9.70. The summed E-state index contributed by atoms with van der Waals surface area (Å²) in [6.07, 6.45) is 2.43. The molecule has 0 bridgehead atoms. The van der Waals surface area contributed by atoms with Crippen molar-refractivity contribution in [2.45, 2.75) is 25.6 Å². The van der Waals surface area contributed by atoms with Gasteiger partial charge in [0.15, 0.2) is 0 Å². The molecule has 4 nitrogen and oxygen atoms in total. The molecule has 0 aliphatic carbocycles. The number of ether oxygens (including phenoxy) is 1. The van der Waals surface area contributed by atoms with Gasteiger partial charge in [0.05, 0.1) is 6.10 Å². The molecule has 1 aliphatic heterocycles. The molecule has 0 saturated carbocycles. The van der Waals surface area contributed by atoms with Gasteiger partial charge in [-0.1, -0.05) is 36.4 Å². The largest absolute Gasteiger partial charge is 0.445 e. The zero-order valence-corrected chi connectivity index (χ0v) is 11.6. The molecule has 0 spiro atoms. The molecule has 1 heterocycles. The second kappa shape index (κ2) is 7.10. The third-order valence-electron chi connectivity index (χ3n) is 3.63. The summed E-state index contributed by atoms with van der Waals surface area (Å²) in [7, 11) is 0. The average molecular weight is 275 g/mol. The van der Waals surface area contributed by atoms with Crippen molar-refractivity contribution in [2.75, 3.05) is 13.1 Å². The minimum absolute atomic E-state index is 0.0607. The summed E-state index contributed by atoms with van der Waals surface area (Å²) in [6.45, 7) is 5.04. The molecule has 1 amide bonds. The van der Waals surface area contributed by atoms with Crippen molar-refractivity contribution in [1.82, 2.24) is 4.90 Å². The van der Waals surface area contributed by atoms with Crippen LogP contribution < -0.4 is 0 Å². The van der Waals surface area contributed by atoms with Gasteiger partial charge in [-0.2, -0.15) is 0 Å². The van der Waals surface area contributed by atoms with E-state index in [9.17, 15) is 9.90 Å². The standard InChI is InChI=1S/C16H21NO3/c1-2-6-14-11-17(10-9-15(14)18)16(19)20-12-13-7-4-3-5-8-13/h2-5,7-8,14-15,18H,1,6,9-12H2/t14-,15-/m1/s1. The van der Waals surface area contributed by atoms with Crippen molar-refractivity contribution < 1.29 is 14.6 Å². The molecule has 1 aromatic rings. The molecule has 20 heavy (non-hydrogen) atoms. The molecule has 0 radical (unpaired) electrons. The zero-order chi connectivity index (χ0) is 14.4. The Morgan fingerprint density at radius 3 is 2.90 bits per heavy atom. The highest BCUT2D eigenvalue weighted by molar-refractivity contribution is 5.67. The van der Waals surface area contributed by atoms with Gasteiger partial charge >= 0.3 is 6.09 Å². The molecule has 1 N–H and O–H groups in total. The lowest BCUT2D eigenvalue weighted by atomic mass is 9.92. The highest BCUT2D eigenvalue weighted by Crippen LogP contribution is 2.21. The number of hydrogen-bond donors (Lipinski definition) is 1. The van der Waals surface area contributed by atoms with Crippen LogP contribution in [-0.2, 0) is 11.3 Å². The van der Waals surface area contributed by atoms with E-state index in [1.54, 1.807) is 11.0 Å². The number of hydrogen-bond acceptors (Lipinski definition) is 3. The minimum atomic E-state index is -0.355. The molecular weight excluding hydrogens is 254 g/mol. The van der Waals surface area contributed by atoms with Gasteiger partial charge in [0.2, 0.25) is 0 Å². The van der Waals surface area contributed by atoms with Crippen LogP contribution in [0.1, 0.15) is 18.4 Å². The van der Waals surface area contributed by atoms with E-state index >= 15 is 0 Å². The highest BCUT2D eigenvalue weighted by atomic mass is 16.6. The summed E-state index contributed by atoms with van der Waals surface area (Å²) in [6, 6.07) is 9.61. The topological polar surface area (TPSA) is 49.8 Å². The van der Waals surface area contributed by atoms with Gasteiger partial charge in [-0.3, -0.25) is 0 Å². The Kier molecular flexibility index (Phi) is 5.18. The molecule has 2 atom stereocenters. The van der Waals surface area contributed by atoms with Crippen LogP contribution in [0, 0.1) is 5.92 Å². The van der Waals surface area contributed by atoms with E-state index < -0.39 is 0 Å². The van der Waals surface area contributed by atoms with Gasteiger partial charge in [-0.25, -0.2) is 4.79 Å². The number of benzene rings is 1. The maximum Gasteiger partial charge on any atom is 0.410 e. The second-order valence-corrected chi connectivity index (χ2v) is 5.13. The third-order valence-corrected chi connectivity index (χ3v) is 3.63. The minimum Gasteiger partial charge on any atom is -0.445 e. The number of carbonyl (C=O) groups is 1. The van der Waals surface area contributed by atoms with Crippen LogP contribution in [-0.4, -0.2) is 35.3 Å². The first-order valence-corrected chi connectivity index (χ1v) is 6.95. The number of nitrogens with zero attached hydrogens (tertiary/aromatic N) is 1. The SMILES string of the molecule is C=CC[C@@H]1CN(C(=O)OCc2ccccc2)CC[C@H]1O. The normalized spacial score (nSPS) is 22.4. The summed E-state index contributed by atoms with van der Waals surface area (Å²) < 4.78 is 5.31. The number of allylic oxidation sites excluding steroid dienone is 1. The monoisotopic (exact) mass is 275 g/mol. The number of amides is 1. The van der Waals surface area contributed by atoms with Crippen LogP contribution in [0.5, 0.6) is 0 Å². The van der Waals surface area contributed by atoms with Crippen molar-refractivity contribution in [1.29, 1.82) is 0 Å². The maximum absolute atomic E-state index is 12.0. The Morgan fingerprint density at radius 1 is 1.45 bits per heavy atom. The smallest absolute Gasteiger partial charge is 0.410 e. The van der Waals surface area contributed by atoms with Crippen molar-refractivity contribution in [3.05, 3.63) is 48.6 Å². The lowest BCUT2D eigenvalue weighted by Gasteiger charge is -2.35. The van der Waals surface area contributed by atoms with E-state index in [1.807, 2.05) is 30.3 Å². The number of likely N-dealkylation sites (tertiary alicyclic amines) is 1. The molecule has 1 fully saturated rings. The van der Waals surface area contributed by atoms with Gasteiger partial charge in [0.25, 0.3) is 0 Å². The number of piperidine rings is 1. The predicted molar refractivity (Wildman–Crippen MR) is 77.1 cm³/mol. The molecule has 0 aromatic heterocycles. The summed E-state index contributed by atoms with van der Waals surface area (Å²) in [5.74, 6) is 0.0607. The van der Waals surface area contributed by atoms with E-state index in [1.165, 1.54) is 0 Å². The Balaban J connectivity index is 1.84. The first-order valence-electron chi connectivity index (χ1n) is 6.95. The van der Waals surface area contributed by atoms with Gasteiger partial charge in [0, 0.05) is 19.0 Å². The van der Waals surface area contributed by atoms with Crippen LogP contribution in [0.15, 0.2) is 43.0 Å². The van der Waals surface area contributed by atoms with E-state index in [0.717, 1.165) is 5.56 Å². The summed E-state index contributed by atoms with van der Waals surface area (Å²) in [5, 5.41) is 9.88. The van der Waals surface area contributed by atoms with Crippen LogP contribution in [0.4, 0.5) is 4.79 Å². The van der Waals surface area contributed by atoms with Gasteiger partial charge in [0.1, 0.15) is 6.61 Å². The fourth-order valence-corrected chi connectivity index (χ4v) is 2.44. The molecule has 1 saturated heterocycles. The van der Waals surface area contributed by atoms with E-state index in [0.29, 0.717) is 25.9 Å². The van der Waals surface area contributed by atoms with Crippen molar-refractivity contribution in [2.24, 2.45) is 5.92 Å². The number of aliphatic hydroxyl groups is 1. The number of aliphatic hydroxyl groups excluding tert-OH is 1. The lowest BCUT2D eigenvalue weighted by molar-refractivity contribution is 0.0197. The second-order valence-electron chi connectivity index (χ2n) is 5.13. The molecule has 2 rings (SSSR count). The Hall–Kier alpha value is -1.81. The summed E-state index contributed by atoms with van der Waals surface area (Å²) in [4.78, 5) is 13.7. The zero-order valence-electron chi connectivity index (χ0n) is 11.6. The van der Waals surface area contributed by atoms with Crippen LogP contribution in [0.25, 0.3) is 0 Å². The molecule has 1 aromatic carbocycles. The van der Waals surface area contributed by atoms with E-state index in [-0.39, 0.29) is 24.7 Å². The van der Waals surface area contributed by atoms with Crippen LogP contribution >= 0.6 is 0 Å². The number of carbonyl (C=O) groups excluding carboxylic acids is 1. The summed E-state index contributed by atoms with van der Waals surface area (Å²) >= 11 is 0. The Bertz CT molecular complexity index is 446. The number of rotatable bonds is 4. The average Bonchev–Trinajstić information content (AvgIpc) is 2.48. The van der Waals surface area contributed by atoms with E-state index in [4.69, 9.17) is 4.74 Å². The molecule has 4 heteroatoms. The Morgan fingerprint density at radius 2 is 2.20 bits per heavy atom.